The first-order valence-corrected chi connectivity index (χ1v) is 6.55. The Morgan fingerprint density at radius 3 is 2.73 bits per heavy atom. The zero-order chi connectivity index (χ0) is 11.7. The average molecular weight is 233 g/mol. The predicted octanol–water partition coefficient (Wildman–Crippen LogP) is 1.49. The number of hydrogen-bond donors (Lipinski definition) is 3. The van der Waals surface area contributed by atoms with Gasteiger partial charge in [-0.2, -0.15) is 11.8 Å². The molecule has 0 fully saturated rings. The first-order valence-electron chi connectivity index (χ1n) is 5.40. The van der Waals surface area contributed by atoms with Gasteiger partial charge in [0.25, 0.3) is 0 Å². The summed E-state index contributed by atoms with van der Waals surface area (Å²) in [6.07, 6.45) is 1.15. The zero-order valence-corrected chi connectivity index (χ0v) is 10.7. The smallest absolute Gasteiger partial charge is 0.143 e. The van der Waals surface area contributed by atoms with Crippen LogP contribution in [-0.2, 0) is 0 Å². The van der Waals surface area contributed by atoms with Crippen molar-refractivity contribution in [1.29, 1.82) is 0 Å². The highest BCUT2D eigenvalue weighted by molar-refractivity contribution is 7.99. The lowest BCUT2D eigenvalue weighted by molar-refractivity contribution is 0.313. The number of hydrogen-bond acceptors (Lipinski definition) is 4. The minimum absolute atomic E-state index is 0.0799. The molecule has 90 valence electrons. The molecule has 0 aromatic heterocycles. The second kappa shape index (κ2) is 8.85. The molecule has 0 aliphatic rings. The molecule has 0 radical (unpaired) electrons. The Labute approximate surface area is 96.7 Å². The summed E-state index contributed by atoms with van der Waals surface area (Å²) in [5, 5.41) is 14.8. The summed E-state index contributed by atoms with van der Waals surface area (Å²) in [5.41, 5.74) is 5.48. The summed E-state index contributed by atoms with van der Waals surface area (Å²) in [4.78, 5) is 0. The molecule has 2 unspecified atom stereocenters. The minimum Gasteiger partial charge on any atom is -0.409 e. The maximum Gasteiger partial charge on any atom is 0.143 e. The largest absolute Gasteiger partial charge is 0.409 e. The molecule has 4 N–H and O–H groups in total. The third-order valence-corrected chi connectivity index (χ3v) is 3.22. The maximum absolute atomic E-state index is 8.48. The van der Waals surface area contributed by atoms with E-state index in [1.807, 2.05) is 18.7 Å². The third-order valence-electron chi connectivity index (χ3n) is 2.29. The second-order valence-corrected chi connectivity index (χ2v) is 5.11. The Morgan fingerprint density at radius 2 is 2.20 bits per heavy atom. The average Bonchev–Trinajstić information content (AvgIpc) is 2.25. The van der Waals surface area contributed by atoms with E-state index in [1.165, 1.54) is 11.5 Å². The summed E-state index contributed by atoms with van der Waals surface area (Å²) in [5.74, 6) is 2.73. The topological polar surface area (TPSA) is 70.6 Å². The normalized spacial score (nSPS) is 16.3. The standard InChI is InChI=1S/C10H23N3OS/c1-4-15-6-5-9(3)12-7-8(2)10(11)13-14/h8-9,12,14H,4-7H2,1-3H3,(H2,11,13). The van der Waals surface area contributed by atoms with Gasteiger partial charge in [0.05, 0.1) is 0 Å². The molecule has 0 bridgehead atoms. The van der Waals surface area contributed by atoms with E-state index in [4.69, 9.17) is 10.9 Å². The second-order valence-electron chi connectivity index (χ2n) is 3.72. The van der Waals surface area contributed by atoms with Crippen molar-refractivity contribution in [2.45, 2.75) is 33.2 Å². The van der Waals surface area contributed by atoms with Gasteiger partial charge in [-0.05, 0) is 24.9 Å². The highest BCUT2D eigenvalue weighted by Crippen LogP contribution is 2.04. The van der Waals surface area contributed by atoms with Crippen LogP contribution in [0.1, 0.15) is 27.2 Å². The van der Waals surface area contributed by atoms with Crippen molar-refractivity contribution < 1.29 is 5.21 Å². The van der Waals surface area contributed by atoms with Crippen LogP contribution in [0.3, 0.4) is 0 Å². The van der Waals surface area contributed by atoms with Gasteiger partial charge in [-0.1, -0.05) is 19.0 Å². The van der Waals surface area contributed by atoms with Crippen LogP contribution in [0.5, 0.6) is 0 Å². The summed E-state index contributed by atoms with van der Waals surface area (Å²) in [7, 11) is 0. The Hall–Kier alpha value is -0.420. The Balaban J connectivity index is 3.57. The predicted molar refractivity (Wildman–Crippen MR) is 67.7 cm³/mol. The lowest BCUT2D eigenvalue weighted by Crippen LogP contribution is -2.36. The summed E-state index contributed by atoms with van der Waals surface area (Å²) >= 11 is 1.95. The van der Waals surface area contributed by atoms with Gasteiger partial charge >= 0.3 is 0 Å². The van der Waals surface area contributed by atoms with Gasteiger partial charge in [-0.3, -0.25) is 0 Å². The Bertz CT molecular complexity index is 188. The first kappa shape index (κ1) is 14.6. The van der Waals surface area contributed by atoms with E-state index in [-0.39, 0.29) is 11.8 Å². The zero-order valence-electron chi connectivity index (χ0n) is 9.86. The lowest BCUT2D eigenvalue weighted by Gasteiger charge is -2.16. The fourth-order valence-electron chi connectivity index (χ4n) is 1.09. The van der Waals surface area contributed by atoms with Crippen LogP contribution < -0.4 is 11.1 Å². The molecule has 0 heterocycles. The van der Waals surface area contributed by atoms with Crippen molar-refractivity contribution >= 4 is 17.6 Å². The molecule has 2 atom stereocenters. The van der Waals surface area contributed by atoms with Crippen LogP contribution in [0.2, 0.25) is 0 Å². The van der Waals surface area contributed by atoms with Gasteiger partial charge in [0.2, 0.25) is 0 Å². The summed E-state index contributed by atoms with van der Waals surface area (Å²) in [6, 6.07) is 0.484. The lowest BCUT2D eigenvalue weighted by atomic mass is 10.1. The van der Waals surface area contributed by atoms with Gasteiger partial charge in [0.1, 0.15) is 5.84 Å². The van der Waals surface area contributed by atoms with Crippen molar-refractivity contribution in [2.24, 2.45) is 16.8 Å². The molecule has 5 heteroatoms. The maximum atomic E-state index is 8.48. The molecular formula is C10H23N3OS. The van der Waals surface area contributed by atoms with E-state index >= 15 is 0 Å². The summed E-state index contributed by atoms with van der Waals surface area (Å²) in [6.45, 7) is 7.03. The molecule has 0 aliphatic carbocycles. The third kappa shape index (κ3) is 7.50. The molecule has 0 rings (SSSR count). The van der Waals surface area contributed by atoms with E-state index in [0.29, 0.717) is 6.04 Å². The molecule has 0 amide bonds. The Morgan fingerprint density at radius 1 is 1.53 bits per heavy atom. The highest BCUT2D eigenvalue weighted by atomic mass is 32.2. The molecule has 0 aromatic rings. The SMILES string of the molecule is CCSCCC(C)NCC(C)C(N)=NO. The van der Waals surface area contributed by atoms with Crippen LogP contribution in [0.4, 0.5) is 0 Å². The molecule has 4 nitrogen and oxygen atoms in total. The number of nitrogens with zero attached hydrogens (tertiary/aromatic N) is 1. The molecule has 0 aromatic carbocycles. The van der Waals surface area contributed by atoms with Crippen molar-refractivity contribution in [2.75, 3.05) is 18.1 Å². The van der Waals surface area contributed by atoms with E-state index in [9.17, 15) is 0 Å². The quantitative estimate of drug-likeness (QED) is 0.195. The van der Waals surface area contributed by atoms with Crippen LogP contribution in [-0.4, -0.2) is 35.1 Å². The van der Waals surface area contributed by atoms with Gasteiger partial charge in [0.15, 0.2) is 0 Å². The highest BCUT2D eigenvalue weighted by Gasteiger charge is 2.09. The van der Waals surface area contributed by atoms with Gasteiger partial charge in [-0.15, -0.1) is 0 Å². The van der Waals surface area contributed by atoms with Crippen molar-refractivity contribution in [3.05, 3.63) is 0 Å². The van der Waals surface area contributed by atoms with Gasteiger partial charge in [0, 0.05) is 18.5 Å². The molecule has 0 aliphatic heterocycles. The molecule has 0 saturated carbocycles. The fourth-order valence-corrected chi connectivity index (χ4v) is 1.90. The molecule has 15 heavy (non-hydrogen) atoms. The van der Waals surface area contributed by atoms with Crippen LogP contribution in [0, 0.1) is 5.92 Å². The molecular weight excluding hydrogens is 210 g/mol. The summed E-state index contributed by atoms with van der Waals surface area (Å²) < 4.78 is 0. The van der Waals surface area contributed by atoms with Gasteiger partial charge < -0.3 is 16.3 Å². The van der Waals surface area contributed by atoms with Crippen molar-refractivity contribution in [3.63, 3.8) is 0 Å². The monoisotopic (exact) mass is 233 g/mol. The van der Waals surface area contributed by atoms with Crippen LogP contribution in [0.15, 0.2) is 5.16 Å². The number of oxime groups is 1. The van der Waals surface area contributed by atoms with Crippen LogP contribution in [0.25, 0.3) is 0 Å². The van der Waals surface area contributed by atoms with E-state index < -0.39 is 0 Å². The van der Waals surface area contributed by atoms with E-state index in [0.717, 1.165) is 13.0 Å². The number of amidine groups is 1. The van der Waals surface area contributed by atoms with Crippen LogP contribution >= 0.6 is 11.8 Å². The molecule has 0 spiro atoms. The number of nitrogens with one attached hydrogen (secondary N) is 1. The van der Waals surface area contributed by atoms with Crippen molar-refractivity contribution in [3.8, 4) is 0 Å². The fraction of sp³-hybridized carbons (Fsp3) is 0.900. The Kier molecular flexibility index (Phi) is 8.61. The molecule has 0 saturated heterocycles. The van der Waals surface area contributed by atoms with Gasteiger partial charge in [-0.25, -0.2) is 0 Å². The van der Waals surface area contributed by atoms with E-state index in [2.05, 4.69) is 24.3 Å². The van der Waals surface area contributed by atoms with Crippen molar-refractivity contribution in [1.82, 2.24) is 5.32 Å². The number of nitrogens with two attached hydrogens (primary N) is 1. The van der Waals surface area contributed by atoms with E-state index in [1.54, 1.807) is 0 Å². The minimum atomic E-state index is 0.0799. The first-order chi connectivity index (χ1) is 7.11. The number of rotatable bonds is 8. The number of thioether (sulfide) groups is 1.